The normalized spacial score (nSPS) is 14.3. The van der Waals surface area contributed by atoms with Gasteiger partial charge < -0.3 is 9.80 Å². The summed E-state index contributed by atoms with van der Waals surface area (Å²) in [4.78, 5) is 29.4. The number of carbonyl (C=O) groups is 2. The Balaban J connectivity index is 1.42. The van der Waals surface area contributed by atoms with E-state index in [0.717, 1.165) is 17.5 Å². The second-order valence-electron chi connectivity index (χ2n) is 7.36. The van der Waals surface area contributed by atoms with Gasteiger partial charge in [-0.3, -0.25) is 9.59 Å². The number of halogens is 1. The van der Waals surface area contributed by atoms with Gasteiger partial charge in [-0.1, -0.05) is 66.2 Å². The molecule has 1 saturated heterocycles. The van der Waals surface area contributed by atoms with Crippen molar-refractivity contribution in [3.63, 3.8) is 0 Å². The van der Waals surface area contributed by atoms with Gasteiger partial charge in [-0.25, -0.2) is 0 Å². The van der Waals surface area contributed by atoms with Crippen LogP contribution in [0.15, 0.2) is 78.9 Å². The van der Waals surface area contributed by atoms with E-state index in [9.17, 15) is 9.59 Å². The monoisotopic (exact) mass is 418 g/mol. The molecule has 1 fully saturated rings. The predicted octanol–water partition coefficient (Wildman–Crippen LogP) is 5.00. The lowest BCUT2D eigenvalue weighted by Crippen LogP contribution is -2.37. The smallest absolute Gasteiger partial charge is 0.255 e. The number of hydrogen-bond donors (Lipinski definition) is 0. The van der Waals surface area contributed by atoms with Crippen LogP contribution in [-0.2, 0) is 0 Å². The molecule has 152 valence electrons. The van der Waals surface area contributed by atoms with Gasteiger partial charge in [0.2, 0.25) is 0 Å². The highest BCUT2D eigenvalue weighted by atomic mass is 35.5. The van der Waals surface area contributed by atoms with Crippen molar-refractivity contribution in [3.05, 3.63) is 95.0 Å². The first-order valence-corrected chi connectivity index (χ1v) is 10.5. The minimum absolute atomic E-state index is 0.00153. The SMILES string of the molecule is O=C(c1ccc(-c2ccccc2)cc1)N1CCCN(C(=O)c2ccccc2Cl)CC1. The highest BCUT2D eigenvalue weighted by molar-refractivity contribution is 6.33. The van der Waals surface area contributed by atoms with Crippen molar-refractivity contribution in [2.24, 2.45) is 0 Å². The zero-order valence-electron chi connectivity index (χ0n) is 16.6. The summed E-state index contributed by atoms with van der Waals surface area (Å²) in [6, 6.07) is 24.9. The van der Waals surface area contributed by atoms with Gasteiger partial charge in [-0.2, -0.15) is 0 Å². The molecule has 3 aromatic carbocycles. The molecule has 0 aliphatic carbocycles. The molecule has 0 N–H and O–H groups in total. The molecule has 1 aliphatic heterocycles. The largest absolute Gasteiger partial charge is 0.337 e. The number of benzene rings is 3. The summed E-state index contributed by atoms with van der Waals surface area (Å²) in [5.41, 5.74) is 3.38. The lowest BCUT2D eigenvalue weighted by atomic mass is 10.0. The van der Waals surface area contributed by atoms with Crippen LogP contribution in [0, 0.1) is 0 Å². The highest BCUT2D eigenvalue weighted by Crippen LogP contribution is 2.21. The molecule has 1 aliphatic rings. The van der Waals surface area contributed by atoms with Gasteiger partial charge in [0.05, 0.1) is 10.6 Å². The summed E-state index contributed by atoms with van der Waals surface area (Å²) in [6.45, 7) is 2.25. The molecule has 4 nitrogen and oxygen atoms in total. The van der Waals surface area contributed by atoms with E-state index < -0.39 is 0 Å². The van der Waals surface area contributed by atoms with Crippen molar-refractivity contribution in [1.82, 2.24) is 9.80 Å². The summed E-state index contributed by atoms with van der Waals surface area (Å²) in [7, 11) is 0. The molecule has 5 heteroatoms. The topological polar surface area (TPSA) is 40.6 Å². The lowest BCUT2D eigenvalue weighted by Gasteiger charge is -2.22. The van der Waals surface area contributed by atoms with Crippen LogP contribution in [0.5, 0.6) is 0 Å². The molecule has 4 rings (SSSR count). The summed E-state index contributed by atoms with van der Waals surface area (Å²) in [5, 5.41) is 0.457. The molecule has 0 aromatic heterocycles. The Morgan fingerprint density at radius 3 is 1.87 bits per heavy atom. The van der Waals surface area contributed by atoms with Gasteiger partial charge in [0.25, 0.3) is 11.8 Å². The maximum absolute atomic E-state index is 13.0. The molecule has 0 unspecified atom stereocenters. The summed E-state index contributed by atoms with van der Waals surface area (Å²) < 4.78 is 0. The van der Waals surface area contributed by atoms with Gasteiger partial charge in [0.1, 0.15) is 0 Å². The van der Waals surface area contributed by atoms with Crippen molar-refractivity contribution in [2.75, 3.05) is 26.2 Å². The zero-order chi connectivity index (χ0) is 20.9. The Morgan fingerprint density at radius 2 is 1.20 bits per heavy atom. The quantitative estimate of drug-likeness (QED) is 0.600. The average Bonchev–Trinajstić information content (AvgIpc) is 3.06. The van der Waals surface area contributed by atoms with Crippen LogP contribution >= 0.6 is 11.6 Å². The molecular formula is C25H23ClN2O2. The van der Waals surface area contributed by atoms with E-state index in [4.69, 9.17) is 11.6 Å². The fraction of sp³-hybridized carbons (Fsp3) is 0.200. The lowest BCUT2D eigenvalue weighted by molar-refractivity contribution is 0.0719. The third-order valence-electron chi connectivity index (χ3n) is 5.41. The maximum atomic E-state index is 13.0. The first kappa shape index (κ1) is 20.2. The number of rotatable bonds is 3. The molecule has 0 atom stereocenters. The average molecular weight is 419 g/mol. The second kappa shape index (κ2) is 9.14. The zero-order valence-corrected chi connectivity index (χ0v) is 17.4. The van der Waals surface area contributed by atoms with Crippen LogP contribution in [0.25, 0.3) is 11.1 Å². The fourth-order valence-electron chi connectivity index (χ4n) is 3.75. The van der Waals surface area contributed by atoms with Gasteiger partial charge in [0, 0.05) is 31.7 Å². The Kier molecular flexibility index (Phi) is 6.15. The minimum Gasteiger partial charge on any atom is -0.337 e. The van der Waals surface area contributed by atoms with Crippen LogP contribution in [0.4, 0.5) is 0 Å². The Labute approximate surface area is 181 Å². The Hall–Kier alpha value is -3.11. The maximum Gasteiger partial charge on any atom is 0.255 e. The Bertz CT molecular complexity index is 1030. The summed E-state index contributed by atoms with van der Waals surface area (Å²) in [6.07, 6.45) is 0.740. The van der Waals surface area contributed by atoms with Gasteiger partial charge in [-0.05, 0) is 41.8 Å². The number of amides is 2. The third-order valence-corrected chi connectivity index (χ3v) is 5.74. The van der Waals surface area contributed by atoms with Crippen LogP contribution in [0.2, 0.25) is 5.02 Å². The predicted molar refractivity (Wildman–Crippen MR) is 120 cm³/mol. The molecule has 0 spiro atoms. The van der Waals surface area contributed by atoms with Crippen molar-refractivity contribution in [2.45, 2.75) is 6.42 Å². The van der Waals surface area contributed by atoms with Crippen molar-refractivity contribution < 1.29 is 9.59 Å². The van der Waals surface area contributed by atoms with E-state index in [1.807, 2.05) is 59.5 Å². The summed E-state index contributed by atoms with van der Waals surface area (Å²) in [5.74, 6) is -0.0798. The van der Waals surface area contributed by atoms with E-state index in [0.29, 0.717) is 42.3 Å². The van der Waals surface area contributed by atoms with Crippen molar-refractivity contribution >= 4 is 23.4 Å². The van der Waals surface area contributed by atoms with Gasteiger partial charge in [-0.15, -0.1) is 0 Å². The number of hydrogen-bond acceptors (Lipinski definition) is 2. The van der Waals surface area contributed by atoms with E-state index >= 15 is 0 Å². The van der Waals surface area contributed by atoms with Crippen molar-refractivity contribution in [3.8, 4) is 11.1 Å². The molecule has 0 saturated carbocycles. The molecule has 2 amide bonds. The highest BCUT2D eigenvalue weighted by Gasteiger charge is 2.24. The van der Waals surface area contributed by atoms with E-state index in [1.165, 1.54) is 0 Å². The summed E-state index contributed by atoms with van der Waals surface area (Å²) >= 11 is 6.18. The second-order valence-corrected chi connectivity index (χ2v) is 7.77. The molecule has 0 radical (unpaired) electrons. The van der Waals surface area contributed by atoms with E-state index in [-0.39, 0.29) is 11.8 Å². The molecule has 3 aromatic rings. The molecular weight excluding hydrogens is 396 g/mol. The van der Waals surface area contributed by atoms with Crippen LogP contribution in [0.1, 0.15) is 27.1 Å². The van der Waals surface area contributed by atoms with Gasteiger partial charge in [0.15, 0.2) is 0 Å². The van der Waals surface area contributed by atoms with Crippen LogP contribution in [-0.4, -0.2) is 47.8 Å². The van der Waals surface area contributed by atoms with Crippen molar-refractivity contribution in [1.29, 1.82) is 0 Å². The van der Waals surface area contributed by atoms with Crippen LogP contribution in [0.3, 0.4) is 0 Å². The van der Waals surface area contributed by atoms with E-state index in [1.54, 1.807) is 17.0 Å². The minimum atomic E-state index is -0.0814. The fourth-order valence-corrected chi connectivity index (χ4v) is 3.96. The molecule has 0 bridgehead atoms. The van der Waals surface area contributed by atoms with Crippen LogP contribution < -0.4 is 0 Å². The first-order chi connectivity index (χ1) is 14.6. The number of carbonyl (C=O) groups excluding carboxylic acids is 2. The first-order valence-electron chi connectivity index (χ1n) is 10.1. The number of nitrogens with zero attached hydrogens (tertiary/aromatic N) is 2. The van der Waals surface area contributed by atoms with E-state index in [2.05, 4.69) is 12.1 Å². The Morgan fingerprint density at radius 1 is 0.633 bits per heavy atom. The molecule has 1 heterocycles. The standard InChI is InChI=1S/C25H23ClN2O2/c26-23-10-5-4-9-22(23)25(30)28-16-6-15-27(17-18-28)24(29)21-13-11-20(12-14-21)19-7-2-1-3-8-19/h1-5,7-14H,6,15-18H2. The molecule has 30 heavy (non-hydrogen) atoms. The van der Waals surface area contributed by atoms with Gasteiger partial charge >= 0.3 is 0 Å². The third kappa shape index (κ3) is 4.39.